The lowest BCUT2D eigenvalue weighted by molar-refractivity contribution is -0.175. The summed E-state index contributed by atoms with van der Waals surface area (Å²) in [5.41, 5.74) is 0. The summed E-state index contributed by atoms with van der Waals surface area (Å²) in [7, 11) is -3.49. The van der Waals surface area contributed by atoms with Crippen LogP contribution in [-0.4, -0.2) is 62.1 Å². The molecule has 8 nitrogen and oxygen atoms in total. The minimum atomic E-state index is -3.49. The maximum atomic E-state index is 10.9. The van der Waals surface area contributed by atoms with E-state index in [4.69, 9.17) is 25.5 Å². The highest BCUT2D eigenvalue weighted by molar-refractivity contribution is 7.38. The molecule has 0 saturated carbocycles. The Morgan fingerprint density at radius 3 is 2.07 bits per heavy atom. The topological polar surface area (TPSA) is 158 Å². The number of carbonyl (C=O) groups excluding carboxylic acids is 1. The Bertz CT molecular complexity index is 243. The SMILES string of the molecule is O=C(C(O)[P+](=O)[O-])[C@@H](O)[C@@H](O)[C@H](O)CO. The first-order valence-corrected chi connectivity index (χ1v) is 5.08. The summed E-state index contributed by atoms with van der Waals surface area (Å²) >= 11 is 0. The number of aliphatic hydroxyl groups excluding tert-OH is 5. The molecule has 0 aromatic heterocycles. The molecule has 0 aliphatic rings. The van der Waals surface area contributed by atoms with Gasteiger partial charge in [0.2, 0.25) is 5.78 Å². The summed E-state index contributed by atoms with van der Waals surface area (Å²) in [5, 5.41) is 43.9. The van der Waals surface area contributed by atoms with Crippen LogP contribution in [0.3, 0.4) is 0 Å². The first kappa shape index (κ1) is 14.5. The van der Waals surface area contributed by atoms with Gasteiger partial charge in [0.15, 0.2) is 0 Å². The van der Waals surface area contributed by atoms with Crippen LogP contribution in [0.15, 0.2) is 0 Å². The van der Waals surface area contributed by atoms with Crippen LogP contribution in [0.1, 0.15) is 0 Å². The van der Waals surface area contributed by atoms with E-state index in [0.717, 1.165) is 0 Å². The van der Waals surface area contributed by atoms with E-state index in [1.165, 1.54) is 0 Å². The van der Waals surface area contributed by atoms with Gasteiger partial charge in [-0.2, -0.15) is 0 Å². The number of aliphatic hydroxyl groups is 5. The van der Waals surface area contributed by atoms with E-state index < -0.39 is 44.6 Å². The Morgan fingerprint density at radius 2 is 1.73 bits per heavy atom. The van der Waals surface area contributed by atoms with Gasteiger partial charge in [0.1, 0.15) is 18.3 Å². The lowest BCUT2D eigenvalue weighted by Gasteiger charge is -2.20. The van der Waals surface area contributed by atoms with Gasteiger partial charge in [-0.15, -0.1) is 0 Å². The molecule has 5 atom stereocenters. The van der Waals surface area contributed by atoms with Crippen molar-refractivity contribution in [3.8, 4) is 0 Å². The Labute approximate surface area is 85.3 Å². The lowest BCUT2D eigenvalue weighted by atomic mass is 10.1. The van der Waals surface area contributed by atoms with Gasteiger partial charge < -0.3 is 30.4 Å². The third kappa shape index (κ3) is 3.88. The highest BCUT2D eigenvalue weighted by atomic mass is 31.1. The molecule has 0 fully saturated rings. The molecule has 0 amide bonds. The molecule has 88 valence electrons. The smallest absolute Gasteiger partial charge is 0.349 e. The van der Waals surface area contributed by atoms with E-state index in [9.17, 15) is 14.3 Å². The van der Waals surface area contributed by atoms with Crippen LogP contribution in [-0.2, 0) is 9.36 Å². The van der Waals surface area contributed by atoms with Gasteiger partial charge in [0, 0.05) is 0 Å². The summed E-state index contributed by atoms with van der Waals surface area (Å²) in [6, 6.07) is 0. The Morgan fingerprint density at radius 1 is 1.27 bits per heavy atom. The van der Waals surface area contributed by atoms with Crippen molar-refractivity contribution in [2.45, 2.75) is 24.2 Å². The Hall–Kier alpha value is -0.470. The minimum Gasteiger partial charge on any atom is -0.593 e. The number of ketones is 1. The summed E-state index contributed by atoms with van der Waals surface area (Å²) in [5.74, 6) is -4.01. The summed E-state index contributed by atoms with van der Waals surface area (Å²) in [6.45, 7) is -0.925. The van der Waals surface area contributed by atoms with Crippen LogP contribution < -0.4 is 4.89 Å². The summed E-state index contributed by atoms with van der Waals surface area (Å²) in [4.78, 5) is 21.1. The normalized spacial score (nSPS) is 20.3. The van der Waals surface area contributed by atoms with Gasteiger partial charge in [-0.1, -0.05) is 4.57 Å². The summed E-state index contributed by atoms with van der Waals surface area (Å²) in [6.07, 6.45) is -6.15. The molecule has 0 aliphatic heterocycles. The first-order valence-electron chi connectivity index (χ1n) is 3.83. The van der Waals surface area contributed by atoms with E-state index in [-0.39, 0.29) is 0 Å². The molecular weight excluding hydrogens is 231 g/mol. The van der Waals surface area contributed by atoms with E-state index in [1.807, 2.05) is 0 Å². The third-order valence-electron chi connectivity index (χ3n) is 1.65. The van der Waals surface area contributed by atoms with Crippen molar-refractivity contribution in [1.29, 1.82) is 0 Å². The maximum Gasteiger partial charge on any atom is 0.349 e. The standard InChI is InChI=1S/C6H11O8P/c7-1-2(8)3(9)4(10)5(11)6(12)15(13)14/h2-4,6-10,12H,1H2/t2-,3+,4+,6?/m1/s1. The molecule has 0 saturated heterocycles. The van der Waals surface area contributed by atoms with Crippen molar-refractivity contribution in [2.75, 3.05) is 6.61 Å². The van der Waals surface area contributed by atoms with Crippen LogP contribution in [0.2, 0.25) is 0 Å². The number of Topliss-reactive ketones (excluding diaryl/α,β-unsaturated/α-hetero) is 1. The largest absolute Gasteiger partial charge is 0.593 e. The molecule has 15 heavy (non-hydrogen) atoms. The zero-order chi connectivity index (χ0) is 12.2. The van der Waals surface area contributed by atoms with Gasteiger partial charge >= 0.3 is 13.9 Å². The predicted octanol–water partition coefficient (Wildman–Crippen LogP) is -3.95. The monoisotopic (exact) mass is 242 g/mol. The average molecular weight is 242 g/mol. The lowest BCUT2D eigenvalue weighted by Crippen LogP contribution is -2.47. The summed E-state index contributed by atoms with van der Waals surface area (Å²) < 4.78 is 10.2. The van der Waals surface area contributed by atoms with E-state index in [2.05, 4.69) is 0 Å². The molecule has 0 aliphatic carbocycles. The molecule has 5 N–H and O–H groups in total. The van der Waals surface area contributed by atoms with Gasteiger partial charge in [-0.25, -0.2) is 0 Å². The third-order valence-corrected chi connectivity index (χ3v) is 2.30. The fourth-order valence-electron chi connectivity index (χ4n) is 0.743. The van der Waals surface area contributed by atoms with Gasteiger partial charge in [-0.05, 0) is 0 Å². The van der Waals surface area contributed by atoms with Crippen LogP contribution in [0.5, 0.6) is 0 Å². The molecule has 0 rings (SSSR count). The molecular formula is C6H11O8P. The molecule has 0 radical (unpaired) electrons. The number of carbonyl (C=O) groups is 1. The molecule has 0 bridgehead atoms. The first-order chi connectivity index (χ1) is 6.82. The van der Waals surface area contributed by atoms with Crippen LogP contribution in [0.4, 0.5) is 0 Å². The maximum absolute atomic E-state index is 10.9. The van der Waals surface area contributed by atoms with Crippen molar-refractivity contribution in [1.82, 2.24) is 0 Å². The molecule has 0 aromatic rings. The fourth-order valence-corrected chi connectivity index (χ4v) is 1.10. The van der Waals surface area contributed by atoms with Gasteiger partial charge in [-0.3, -0.25) is 4.79 Å². The Balaban J connectivity index is 4.50. The molecule has 0 aromatic carbocycles. The van der Waals surface area contributed by atoms with Crippen molar-refractivity contribution in [3.63, 3.8) is 0 Å². The number of hydrogen-bond donors (Lipinski definition) is 5. The molecule has 9 heteroatoms. The van der Waals surface area contributed by atoms with E-state index >= 15 is 0 Å². The van der Waals surface area contributed by atoms with Gasteiger partial charge in [0.25, 0.3) is 0 Å². The zero-order valence-electron chi connectivity index (χ0n) is 7.42. The predicted molar refractivity (Wildman–Crippen MR) is 43.7 cm³/mol. The highest BCUT2D eigenvalue weighted by Crippen LogP contribution is 2.18. The highest BCUT2D eigenvalue weighted by Gasteiger charge is 2.39. The van der Waals surface area contributed by atoms with E-state index in [1.54, 1.807) is 0 Å². The van der Waals surface area contributed by atoms with Crippen molar-refractivity contribution in [3.05, 3.63) is 0 Å². The van der Waals surface area contributed by atoms with E-state index in [0.29, 0.717) is 0 Å². The molecule has 0 spiro atoms. The molecule has 0 heterocycles. The van der Waals surface area contributed by atoms with Crippen molar-refractivity contribution < 1.29 is 39.8 Å². The Kier molecular flexibility index (Phi) is 5.99. The van der Waals surface area contributed by atoms with Crippen molar-refractivity contribution >= 4 is 13.8 Å². The number of rotatable bonds is 6. The quantitative estimate of drug-likeness (QED) is 0.295. The average Bonchev–Trinajstić information content (AvgIpc) is 2.23. The minimum absolute atomic E-state index is 0.925. The van der Waals surface area contributed by atoms with Crippen molar-refractivity contribution in [2.24, 2.45) is 0 Å². The van der Waals surface area contributed by atoms with Crippen LogP contribution >= 0.6 is 8.03 Å². The second-order valence-corrected chi connectivity index (χ2v) is 3.81. The second-order valence-electron chi connectivity index (χ2n) is 2.75. The zero-order valence-corrected chi connectivity index (χ0v) is 8.32. The molecule has 2 unspecified atom stereocenters. The van der Waals surface area contributed by atoms with Crippen LogP contribution in [0.25, 0.3) is 0 Å². The number of hydrogen-bond acceptors (Lipinski definition) is 8. The van der Waals surface area contributed by atoms with Gasteiger partial charge in [0.05, 0.1) is 6.61 Å². The fraction of sp³-hybridized carbons (Fsp3) is 0.833. The second kappa shape index (κ2) is 6.19. The van der Waals surface area contributed by atoms with Crippen LogP contribution in [0, 0.1) is 0 Å².